The minimum atomic E-state index is 0.225. The third kappa shape index (κ3) is 4.07. The first kappa shape index (κ1) is 15.0. The van der Waals surface area contributed by atoms with E-state index in [1.54, 1.807) is 6.20 Å². The lowest BCUT2D eigenvalue weighted by molar-refractivity contribution is -0.135. The monoisotopic (exact) mass is 279 g/mol. The lowest BCUT2D eigenvalue weighted by Gasteiger charge is -2.32. The molecule has 1 aliphatic rings. The summed E-state index contributed by atoms with van der Waals surface area (Å²) in [6.45, 7) is 7.19. The number of hydrogen-bond acceptors (Lipinski definition) is 3. The van der Waals surface area contributed by atoms with Crippen molar-refractivity contribution < 1.29 is 9.53 Å². The Morgan fingerprint density at radius 1 is 1.55 bits per heavy atom. The maximum Gasteiger partial charge on any atom is 0.224 e. The molecule has 0 aliphatic carbocycles. The molecule has 5 heteroatoms. The number of aromatic nitrogens is 2. The molecule has 2 heterocycles. The van der Waals surface area contributed by atoms with Crippen LogP contribution in [-0.2, 0) is 16.1 Å². The Labute approximate surface area is 120 Å². The van der Waals surface area contributed by atoms with Gasteiger partial charge in [0.2, 0.25) is 5.91 Å². The number of aryl methyl sites for hydroxylation is 2. The molecule has 20 heavy (non-hydrogen) atoms. The summed E-state index contributed by atoms with van der Waals surface area (Å²) < 4.78 is 7.79. The Morgan fingerprint density at radius 3 is 3.10 bits per heavy atom. The van der Waals surface area contributed by atoms with Crippen molar-refractivity contribution in [1.29, 1.82) is 0 Å². The molecule has 1 aromatic heterocycles. The molecule has 0 saturated carbocycles. The van der Waals surface area contributed by atoms with Crippen LogP contribution in [0, 0.1) is 6.92 Å². The minimum absolute atomic E-state index is 0.225. The number of carbonyl (C=O) groups excluding carboxylic acids is 1. The van der Waals surface area contributed by atoms with Gasteiger partial charge in [-0.1, -0.05) is 6.92 Å². The number of imidazole rings is 1. The second-order valence-corrected chi connectivity index (χ2v) is 5.39. The molecule has 5 nitrogen and oxygen atoms in total. The van der Waals surface area contributed by atoms with Crippen LogP contribution in [0.15, 0.2) is 12.4 Å². The normalized spacial score (nSPS) is 19.3. The number of nitrogens with zero attached hydrogens (tertiary/aromatic N) is 3. The fraction of sp³-hybridized carbons (Fsp3) is 0.733. The highest BCUT2D eigenvalue weighted by molar-refractivity contribution is 5.76. The Hall–Kier alpha value is -1.36. The second-order valence-electron chi connectivity index (χ2n) is 5.39. The molecule has 2 rings (SSSR count). The predicted octanol–water partition coefficient (Wildman–Crippen LogP) is 2.00. The zero-order valence-electron chi connectivity index (χ0n) is 12.5. The first-order valence-electron chi connectivity index (χ1n) is 7.57. The van der Waals surface area contributed by atoms with E-state index < -0.39 is 0 Å². The molecule has 0 radical (unpaired) electrons. The van der Waals surface area contributed by atoms with Crippen molar-refractivity contribution >= 4 is 5.91 Å². The first-order valence-corrected chi connectivity index (χ1v) is 7.57. The summed E-state index contributed by atoms with van der Waals surface area (Å²) in [6, 6.07) is 0. The van der Waals surface area contributed by atoms with Gasteiger partial charge in [0.1, 0.15) is 5.82 Å². The Balaban J connectivity index is 1.78. The molecular formula is C15H25N3O2. The summed E-state index contributed by atoms with van der Waals surface area (Å²) in [5.74, 6) is 1.18. The number of likely N-dealkylation sites (tertiary alicyclic amines) is 1. The van der Waals surface area contributed by atoms with E-state index in [4.69, 9.17) is 4.74 Å². The zero-order valence-corrected chi connectivity index (χ0v) is 12.5. The minimum Gasteiger partial charge on any atom is -0.376 e. The number of piperidine rings is 1. The van der Waals surface area contributed by atoms with Crippen LogP contribution in [-0.4, -0.2) is 46.2 Å². The highest BCUT2D eigenvalue weighted by atomic mass is 16.5. The van der Waals surface area contributed by atoms with Gasteiger partial charge in [-0.05, 0) is 26.2 Å². The van der Waals surface area contributed by atoms with Crippen molar-refractivity contribution in [2.24, 2.45) is 0 Å². The first-order chi connectivity index (χ1) is 9.70. The summed E-state index contributed by atoms with van der Waals surface area (Å²) >= 11 is 0. The number of hydrogen-bond donors (Lipinski definition) is 0. The van der Waals surface area contributed by atoms with Gasteiger partial charge in [-0.25, -0.2) is 4.98 Å². The van der Waals surface area contributed by atoms with Crippen molar-refractivity contribution in [1.82, 2.24) is 14.5 Å². The van der Waals surface area contributed by atoms with Crippen LogP contribution in [0.2, 0.25) is 0 Å². The van der Waals surface area contributed by atoms with Crippen molar-refractivity contribution in [2.45, 2.75) is 52.2 Å². The lowest BCUT2D eigenvalue weighted by atomic mass is 10.1. The summed E-state index contributed by atoms with van der Waals surface area (Å²) in [7, 11) is 0. The molecule has 112 valence electrons. The van der Waals surface area contributed by atoms with Gasteiger partial charge < -0.3 is 14.2 Å². The van der Waals surface area contributed by atoms with Gasteiger partial charge in [0.25, 0.3) is 0 Å². The van der Waals surface area contributed by atoms with Gasteiger partial charge in [0.05, 0.1) is 6.10 Å². The molecule has 0 aromatic carbocycles. The van der Waals surface area contributed by atoms with E-state index in [1.807, 2.05) is 22.6 Å². The third-order valence-corrected chi connectivity index (χ3v) is 3.78. The predicted molar refractivity (Wildman–Crippen MR) is 77.4 cm³/mol. The fourth-order valence-corrected chi connectivity index (χ4v) is 2.60. The van der Waals surface area contributed by atoms with E-state index in [2.05, 4.69) is 11.9 Å². The van der Waals surface area contributed by atoms with Crippen molar-refractivity contribution in [3.05, 3.63) is 18.2 Å². The molecule has 0 N–H and O–H groups in total. The van der Waals surface area contributed by atoms with E-state index in [0.29, 0.717) is 13.0 Å². The lowest BCUT2D eigenvalue weighted by Crippen LogP contribution is -2.43. The van der Waals surface area contributed by atoms with Crippen LogP contribution in [0.1, 0.15) is 38.4 Å². The average molecular weight is 279 g/mol. The summed E-state index contributed by atoms with van der Waals surface area (Å²) in [4.78, 5) is 18.4. The van der Waals surface area contributed by atoms with E-state index in [0.717, 1.165) is 44.8 Å². The zero-order chi connectivity index (χ0) is 14.4. The molecule has 0 spiro atoms. The summed E-state index contributed by atoms with van der Waals surface area (Å²) in [5.41, 5.74) is 0. The van der Waals surface area contributed by atoms with Gasteiger partial charge in [-0.3, -0.25) is 4.79 Å². The number of ether oxygens (including phenoxy) is 1. The fourth-order valence-electron chi connectivity index (χ4n) is 2.60. The molecular weight excluding hydrogens is 254 g/mol. The summed E-state index contributed by atoms with van der Waals surface area (Å²) in [6.07, 6.45) is 7.61. The van der Waals surface area contributed by atoms with Crippen molar-refractivity contribution in [2.75, 3.05) is 19.7 Å². The number of amides is 1. The Bertz CT molecular complexity index is 431. The highest BCUT2D eigenvalue weighted by Crippen LogP contribution is 2.15. The maximum absolute atomic E-state index is 12.3. The topological polar surface area (TPSA) is 47.4 Å². The average Bonchev–Trinajstić information content (AvgIpc) is 2.88. The van der Waals surface area contributed by atoms with Gasteiger partial charge >= 0.3 is 0 Å². The smallest absolute Gasteiger partial charge is 0.224 e. The molecule has 0 bridgehead atoms. The van der Waals surface area contributed by atoms with E-state index in [9.17, 15) is 4.79 Å². The second kappa shape index (κ2) is 7.43. The van der Waals surface area contributed by atoms with E-state index in [-0.39, 0.29) is 12.0 Å². The molecule has 1 amide bonds. The quantitative estimate of drug-likeness (QED) is 0.800. The van der Waals surface area contributed by atoms with Crippen molar-refractivity contribution in [3.8, 4) is 0 Å². The van der Waals surface area contributed by atoms with E-state index >= 15 is 0 Å². The summed E-state index contributed by atoms with van der Waals surface area (Å²) in [5, 5.41) is 0. The van der Waals surface area contributed by atoms with E-state index in [1.165, 1.54) is 0 Å². The maximum atomic E-state index is 12.3. The third-order valence-electron chi connectivity index (χ3n) is 3.78. The Morgan fingerprint density at radius 2 is 2.40 bits per heavy atom. The Kier molecular flexibility index (Phi) is 5.59. The van der Waals surface area contributed by atoms with Crippen LogP contribution in [0.5, 0.6) is 0 Å². The van der Waals surface area contributed by atoms with Gasteiger partial charge in [-0.2, -0.15) is 0 Å². The number of rotatable bonds is 6. The molecule has 0 unspecified atom stereocenters. The number of carbonyl (C=O) groups is 1. The molecule has 1 atom stereocenters. The van der Waals surface area contributed by atoms with Gasteiger partial charge in [0, 0.05) is 45.1 Å². The standard InChI is InChI=1S/C15H25N3O2/c1-3-11-20-14-5-4-8-18(12-14)15(19)6-9-17-10-7-16-13(17)2/h7,10,14H,3-6,8-9,11-12H2,1-2H3/t14-/m0/s1. The van der Waals surface area contributed by atoms with Crippen LogP contribution in [0.4, 0.5) is 0 Å². The van der Waals surface area contributed by atoms with Crippen LogP contribution >= 0.6 is 0 Å². The van der Waals surface area contributed by atoms with Crippen LogP contribution in [0.25, 0.3) is 0 Å². The van der Waals surface area contributed by atoms with Crippen LogP contribution < -0.4 is 0 Å². The van der Waals surface area contributed by atoms with Crippen molar-refractivity contribution in [3.63, 3.8) is 0 Å². The molecule has 1 aromatic rings. The van der Waals surface area contributed by atoms with Gasteiger partial charge in [0.15, 0.2) is 0 Å². The molecule has 1 fully saturated rings. The van der Waals surface area contributed by atoms with Crippen LogP contribution in [0.3, 0.4) is 0 Å². The molecule has 1 aliphatic heterocycles. The van der Waals surface area contributed by atoms with Gasteiger partial charge in [-0.15, -0.1) is 0 Å². The SMILES string of the molecule is CCCO[C@H]1CCCN(C(=O)CCn2ccnc2C)C1. The largest absolute Gasteiger partial charge is 0.376 e. The highest BCUT2D eigenvalue weighted by Gasteiger charge is 2.23. The molecule has 1 saturated heterocycles.